The molecule has 2 aliphatic heterocycles. The van der Waals surface area contributed by atoms with Crippen LogP contribution in [0.2, 0.25) is 0 Å². The molecule has 0 aliphatic carbocycles. The highest BCUT2D eigenvalue weighted by Gasteiger charge is 2.31. The predicted molar refractivity (Wildman–Crippen MR) is 124 cm³/mol. The van der Waals surface area contributed by atoms with E-state index < -0.39 is 0 Å². The Morgan fingerprint density at radius 3 is 2.25 bits per heavy atom. The molecule has 1 N–H and O–H groups in total. The third kappa shape index (κ3) is 3.93. The van der Waals surface area contributed by atoms with E-state index in [0.717, 1.165) is 68.6 Å². The van der Waals surface area contributed by atoms with Crippen molar-refractivity contribution < 1.29 is 9.53 Å². The molecule has 0 unspecified atom stereocenters. The van der Waals surface area contributed by atoms with E-state index in [9.17, 15) is 9.59 Å². The monoisotopic (exact) mass is 434 g/mol. The van der Waals surface area contributed by atoms with Crippen molar-refractivity contribution in [3.8, 4) is 5.75 Å². The quantitative estimate of drug-likeness (QED) is 0.684. The number of methoxy groups -OCH3 is 1. The third-order valence-electron chi connectivity index (χ3n) is 7.09. The number of para-hydroxylation sites is 2. The van der Waals surface area contributed by atoms with Crippen LogP contribution >= 0.6 is 0 Å². The average Bonchev–Trinajstić information content (AvgIpc) is 3.19. The van der Waals surface area contributed by atoms with E-state index in [0.29, 0.717) is 11.6 Å². The van der Waals surface area contributed by atoms with Gasteiger partial charge in [0.05, 0.1) is 18.1 Å². The zero-order chi connectivity index (χ0) is 22.1. The Balaban J connectivity index is 1.16. The van der Waals surface area contributed by atoms with Gasteiger partial charge in [0, 0.05) is 43.8 Å². The third-order valence-corrected chi connectivity index (χ3v) is 7.09. The number of nitrogens with zero attached hydrogens (tertiary/aromatic N) is 3. The molecule has 0 atom stereocenters. The Morgan fingerprint density at radius 2 is 1.56 bits per heavy atom. The zero-order valence-corrected chi connectivity index (χ0v) is 18.5. The first-order valence-corrected chi connectivity index (χ1v) is 11.5. The number of likely N-dealkylation sites (tertiary alicyclic amines) is 2. The standard InChI is InChI=1S/C25H30N4O3/c1-32-21-8-6-18(7-9-21)24(30)28-16-10-19(11-17-28)27-14-12-20(13-15-27)29-23-5-3-2-4-22(23)26-25(29)31/h2-9,19-20H,10-17H2,1H3,(H,26,31). The summed E-state index contributed by atoms with van der Waals surface area (Å²) < 4.78 is 7.13. The van der Waals surface area contributed by atoms with E-state index in [-0.39, 0.29) is 17.6 Å². The number of amides is 1. The minimum Gasteiger partial charge on any atom is -0.497 e. The van der Waals surface area contributed by atoms with Crippen molar-refractivity contribution in [2.24, 2.45) is 0 Å². The lowest BCUT2D eigenvalue weighted by Gasteiger charge is -2.42. The maximum Gasteiger partial charge on any atom is 0.326 e. The van der Waals surface area contributed by atoms with Crippen molar-refractivity contribution in [3.05, 3.63) is 64.6 Å². The molecule has 2 fully saturated rings. The second-order valence-corrected chi connectivity index (χ2v) is 8.84. The van der Waals surface area contributed by atoms with E-state index in [1.54, 1.807) is 7.11 Å². The fourth-order valence-corrected chi connectivity index (χ4v) is 5.30. The summed E-state index contributed by atoms with van der Waals surface area (Å²) in [6.07, 6.45) is 3.96. The number of aromatic amines is 1. The molecular weight excluding hydrogens is 404 g/mol. The number of fused-ring (bicyclic) bond motifs is 1. The van der Waals surface area contributed by atoms with Gasteiger partial charge in [0.2, 0.25) is 0 Å². The van der Waals surface area contributed by atoms with Crippen LogP contribution in [0.3, 0.4) is 0 Å². The average molecular weight is 435 g/mol. The van der Waals surface area contributed by atoms with Gasteiger partial charge in [-0.1, -0.05) is 12.1 Å². The van der Waals surface area contributed by atoms with Crippen LogP contribution in [0.4, 0.5) is 0 Å². The second-order valence-electron chi connectivity index (χ2n) is 8.84. The van der Waals surface area contributed by atoms with Crippen LogP contribution in [0.25, 0.3) is 11.0 Å². The minimum atomic E-state index is -0.00463. The summed E-state index contributed by atoms with van der Waals surface area (Å²) in [7, 11) is 1.63. The molecule has 1 amide bonds. The zero-order valence-electron chi connectivity index (χ0n) is 18.5. The highest BCUT2D eigenvalue weighted by Crippen LogP contribution is 2.28. The normalized spacial score (nSPS) is 18.8. The molecule has 2 saturated heterocycles. The first kappa shape index (κ1) is 20.8. The molecule has 7 heteroatoms. The van der Waals surface area contributed by atoms with Gasteiger partial charge in [-0.2, -0.15) is 0 Å². The van der Waals surface area contributed by atoms with Crippen molar-refractivity contribution in [2.75, 3.05) is 33.3 Å². The topological polar surface area (TPSA) is 70.6 Å². The number of hydrogen-bond acceptors (Lipinski definition) is 4. The van der Waals surface area contributed by atoms with Crippen LogP contribution < -0.4 is 10.4 Å². The van der Waals surface area contributed by atoms with Gasteiger partial charge >= 0.3 is 5.69 Å². The van der Waals surface area contributed by atoms with Gasteiger partial charge < -0.3 is 19.5 Å². The lowest BCUT2D eigenvalue weighted by atomic mass is 9.97. The van der Waals surface area contributed by atoms with Crippen LogP contribution in [0.5, 0.6) is 5.75 Å². The SMILES string of the molecule is COc1ccc(C(=O)N2CCC(N3CCC(n4c(=O)[nH]c5ccccc54)CC3)CC2)cc1. The first-order chi connectivity index (χ1) is 15.6. The molecule has 7 nitrogen and oxygen atoms in total. The lowest BCUT2D eigenvalue weighted by molar-refractivity contribution is 0.0558. The van der Waals surface area contributed by atoms with E-state index in [4.69, 9.17) is 4.74 Å². The van der Waals surface area contributed by atoms with Crippen molar-refractivity contribution in [2.45, 2.75) is 37.8 Å². The maximum absolute atomic E-state index is 12.8. The molecule has 3 aromatic rings. The molecule has 3 heterocycles. The second kappa shape index (κ2) is 8.82. The van der Waals surface area contributed by atoms with Gasteiger partial charge in [0.1, 0.15) is 5.75 Å². The van der Waals surface area contributed by atoms with Crippen molar-refractivity contribution in [1.29, 1.82) is 0 Å². The number of carbonyl (C=O) groups excluding carboxylic acids is 1. The van der Waals surface area contributed by atoms with Crippen molar-refractivity contribution in [3.63, 3.8) is 0 Å². The van der Waals surface area contributed by atoms with Crippen molar-refractivity contribution in [1.82, 2.24) is 19.4 Å². The number of aromatic nitrogens is 2. The number of piperidine rings is 2. The summed E-state index contributed by atoms with van der Waals surface area (Å²) in [5, 5.41) is 0. The predicted octanol–water partition coefficient (Wildman–Crippen LogP) is 3.28. The number of imidazole rings is 1. The number of benzene rings is 2. The molecule has 32 heavy (non-hydrogen) atoms. The number of nitrogens with one attached hydrogen (secondary N) is 1. The summed E-state index contributed by atoms with van der Waals surface area (Å²) in [5.74, 6) is 0.863. The fraction of sp³-hybridized carbons (Fsp3) is 0.440. The Labute approximate surface area is 187 Å². The Bertz CT molecular complexity index is 1130. The largest absolute Gasteiger partial charge is 0.497 e. The van der Waals surface area contributed by atoms with E-state index in [2.05, 4.69) is 9.88 Å². The van der Waals surface area contributed by atoms with Crippen LogP contribution in [-0.2, 0) is 0 Å². The summed E-state index contributed by atoms with van der Waals surface area (Å²) in [4.78, 5) is 32.9. The molecule has 1 aromatic heterocycles. The molecule has 0 spiro atoms. The Hall–Kier alpha value is -3.06. The summed E-state index contributed by atoms with van der Waals surface area (Å²) in [5.41, 5.74) is 2.62. The summed E-state index contributed by atoms with van der Waals surface area (Å²) in [6.45, 7) is 3.57. The van der Waals surface area contributed by atoms with Gasteiger partial charge in [-0.15, -0.1) is 0 Å². The smallest absolute Gasteiger partial charge is 0.326 e. The van der Waals surface area contributed by atoms with Crippen molar-refractivity contribution >= 4 is 16.9 Å². The molecule has 168 valence electrons. The van der Waals surface area contributed by atoms with Gasteiger partial charge in [-0.05, 0) is 62.1 Å². The number of hydrogen-bond donors (Lipinski definition) is 1. The van der Waals surface area contributed by atoms with Gasteiger partial charge in [0.25, 0.3) is 5.91 Å². The maximum atomic E-state index is 12.8. The van der Waals surface area contributed by atoms with E-state index in [1.165, 1.54) is 0 Å². The highest BCUT2D eigenvalue weighted by molar-refractivity contribution is 5.94. The number of rotatable bonds is 4. The van der Waals surface area contributed by atoms with Crippen LogP contribution in [-0.4, -0.2) is 64.6 Å². The van der Waals surface area contributed by atoms with Crippen LogP contribution in [0.1, 0.15) is 42.1 Å². The molecule has 5 rings (SSSR count). The number of ether oxygens (including phenoxy) is 1. The highest BCUT2D eigenvalue weighted by atomic mass is 16.5. The van der Waals surface area contributed by atoms with E-state index in [1.807, 2.05) is 58.0 Å². The number of carbonyl (C=O) groups is 1. The Morgan fingerprint density at radius 1 is 0.906 bits per heavy atom. The molecule has 2 aliphatic rings. The van der Waals surface area contributed by atoms with Crippen LogP contribution in [0.15, 0.2) is 53.3 Å². The van der Waals surface area contributed by atoms with Gasteiger partial charge in [-0.25, -0.2) is 4.79 Å². The fourth-order valence-electron chi connectivity index (χ4n) is 5.30. The molecule has 0 saturated carbocycles. The minimum absolute atomic E-state index is 0.00463. The van der Waals surface area contributed by atoms with Gasteiger partial charge in [-0.3, -0.25) is 9.36 Å². The van der Waals surface area contributed by atoms with Crippen LogP contribution in [0, 0.1) is 0 Å². The summed E-state index contributed by atoms with van der Waals surface area (Å²) >= 11 is 0. The molecule has 0 bridgehead atoms. The summed E-state index contributed by atoms with van der Waals surface area (Å²) in [6, 6.07) is 16.0. The lowest BCUT2D eigenvalue weighted by Crippen LogP contribution is -2.49. The molecule has 0 radical (unpaired) electrons. The van der Waals surface area contributed by atoms with Gasteiger partial charge in [0.15, 0.2) is 0 Å². The first-order valence-electron chi connectivity index (χ1n) is 11.5. The number of H-pyrrole nitrogens is 1. The Kier molecular flexibility index (Phi) is 5.74. The van der Waals surface area contributed by atoms with E-state index >= 15 is 0 Å². The molecule has 2 aromatic carbocycles. The molecular formula is C25H30N4O3.